The van der Waals surface area contributed by atoms with Crippen LogP contribution in [-0.4, -0.2) is 34.6 Å². The summed E-state index contributed by atoms with van der Waals surface area (Å²) in [6.07, 6.45) is -4.29. The van der Waals surface area contributed by atoms with Gasteiger partial charge in [0, 0.05) is 6.04 Å². The molecule has 3 aliphatic rings. The van der Waals surface area contributed by atoms with Crippen LogP contribution in [0.5, 0.6) is 0 Å². The zero-order valence-electron chi connectivity index (χ0n) is 14.8. The molecular formula is C18H20F3N5O2. The van der Waals surface area contributed by atoms with Gasteiger partial charge in [-0.05, 0) is 36.5 Å². The number of benzene rings is 1. The largest absolute Gasteiger partial charge is 0.416 e. The number of alkyl halides is 3. The molecule has 5 atom stereocenters. The number of hydrazine groups is 1. The number of rotatable bonds is 4. The zero-order valence-corrected chi connectivity index (χ0v) is 14.8. The minimum atomic E-state index is -4.41. The Labute approximate surface area is 159 Å². The molecule has 3 fully saturated rings. The van der Waals surface area contributed by atoms with Crippen molar-refractivity contribution in [3.05, 3.63) is 35.4 Å². The van der Waals surface area contributed by atoms with Gasteiger partial charge in [-0.2, -0.15) is 18.4 Å². The highest BCUT2D eigenvalue weighted by atomic mass is 19.4. The van der Waals surface area contributed by atoms with Crippen molar-refractivity contribution in [2.45, 2.75) is 50.0 Å². The number of nitriles is 1. The fraction of sp³-hybridized carbons (Fsp3) is 0.556. The lowest BCUT2D eigenvalue weighted by Crippen LogP contribution is -2.64. The Morgan fingerprint density at radius 3 is 2.54 bits per heavy atom. The highest BCUT2D eigenvalue weighted by Gasteiger charge is 2.53. The first-order valence-corrected chi connectivity index (χ1v) is 9.12. The molecule has 0 aromatic heterocycles. The van der Waals surface area contributed by atoms with Gasteiger partial charge in [0.1, 0.15) is 0 Å². The minimum absolute atomic E-state index is 0.0905. The highest BCUT2D eigenvalue weighted by molar-refractivity contribution is 5.81. The van der Waals surface area contributed by atoms with Gasteiger partial charge in [0.25, 0.3) is 0 Å². The molecular weight excluding hydrogens is 375 g/mol. The van der Waals surface area contributed by atoms with E-state index < -0.39 is 36.2 Å². The van der Waals surface area contributed by atoms with Crippen molar-refractivity contribution in [1.29, 1.82) is 5.26 Å². The molecule has 1 aliphatic carbocycles. The van der Waals surface area contributed by atoms with Crippen molar-refractivity contribution >= 4 is 5.91 Å². The van der Waals surface area contributed by atoms with Gasteiger partial charge in [0.2, 0.25) is 5.91 Å². The highest BCUT2D eigenvalue weighted by Crippen LogP contribution is 2.47. The van der Waals surface area contributed by atoms with E-state index in [-0.39, 0.29) is 24.3 Å². The summed E-state index contributed by atoms with van der Waals surface area (Å²) in [5.74, 6) is -0.748. The Morgan fingerprint density at radius 2 is 1.96 bits per heavy atom. The standard InChI is InChI=1S/C18H20F3N5O2/c19-18(20,21)11-5-3-10(4-6-11)14(9-1-2-9)26-15-13(12(25-26)7-8-22)16(27)24-17(28)23-15/h3-6,9,12-15,17,23,25,28H,1-2,7H2,(H,24,27)/t12?,13?,14-,15?,17?/m0/s1. The maximum absolute atomic E-state index is 12.9. The molecule has 4 unspecified atom stereocenters. The average Bonchev–Trinajstić information content (AvgIpc) is 3.39. The summed E-state index contributed by atoms with van der Waals surface area (Å²) in [4.78, 5) is 12.4. The number of carbonyl (C=O) groups is 1. The lowest BCUT2D eigenvalue weighted by molar-refractivity contribution is -0.138. The molecule has 0 spiro atoms. The average molecular weight is 395 g/mol. The summed E-state index contributed by atoms with van der Waals surface area (Å²) < 4.78 is 38.7. The van der Waals surface area contributed by atoms with E-state index in [4.69, 9.17) is 5.26 Å². The maximum atomic E-state index is 12.9. The number of nitrogens with zero attached hydrogens (tertiary/aromatic N) is 2. The number of halogens is 3. The van der Waals surface area contributed by atoms with Crippen molar-refractivity contribution in [2.24, 2.45) is 11.8 Å². The van der Waals surface area contributed by atoms with Crippen LogP contribution in [-0.2, 0) is 11.0 Å². The second-order valence-corrected chi connectivity index (χ2v) is 7.46. The number of nitrogens with one attached hydrogen (secondary N) is 3. The normalized spacial score (nSPS) is 31.8. The first-order chi connectivity index (χ1) is 13.3. The third-order valence-electron chi connectivity index (χ3n) is 5.56. The molecule has 4 N–H and O–H groups in total. The van der Waals surface area contributed by atoms with Crippen molar-refractivity contribution in [3.63, 3.8) is 0 Å². The lowest BCUT2D eigenvalue weighted by atomic mass is 9.93. The molecule has 7 nitrogen and oxygen atoms in total. The van der Waals surface area contributed by atoms with E-state index in [1.54, 1.807) is 5.01 Å². The van der Waals surface area contributed by atoms with Crippen LogP contribution in [0.15, 0.2) is 24.3 Å². The van der Waals surface area contributed by atoms with Crippen LogP contribution in [0.25, 0.3) is 0 Å². The fourth-order valence-corrected chi connectivity index (χ4v) is 4.16. The monoisotopic (exact) mass is 395 g/mol. The first-order valence-electron chi connectivity index (χ1n) is 9.12. The van der Waals surface area contributed by atoms with Crippen LogP contribution in [0.1, 0.15) is 36.4 Å². The van der Waals surface area contributed by atoms with Gasteiger partial charge in [-0.3, -0.25) is 10.1 Å². The van der Waals surface area contributed by atoms with Gasteiger partial charge < -0.3 is 10.4 Å². The number of aliphatic hydroxyl groups excluding tert-OH is 1. The van der Waals surface area contributed by atoms with Gasteiger partial charge in [-0.1, -0.05) is 12.1 Å². The Morgan fingerprint density at radius 1 is 1.29 bits per heavy atom. The number of amides is 1. The number of hydrogen-bond acceptors (Lipinski definition) is 6. The van der Waals surface area contributed by atoms with Crippen LogP contribution in [0.2, 0.25) is 0 Å². The maximum Gasteiger partial charge on any atom is 0.416 e. The summed E-state index contributed by atoms with van der Waals surface area (Å²) in [6, 6.07) is 6.36. The third-order valence-corrected chi connectivity index (χ3v) is 5.56. The van der Waals surface area contributed by atoms with Gasteiger partial charge in [0.05, 0.1) is 36.2 Å². The predicted molar refractivity (Wildman–Crippen MR) is 90.5 cm³/mol. The predicted octanol–water partition coefficient (Wildman–Crippen LogP) is 1.20. The summed E-state index contributed by atoms with van der Waals surface area (Å²) >= 11 is 0. The minimum Gasteiger partial charge on any atom is -0.361 e. The lowest BCUT2D eigenvalue weighted by Gasteiger charge is -2.38. The van der Waals surface area contributed by atoms with Crippen molar-refractivity contribution in [2.75, 3.05) is 0 Å². The van der Waals surface area contributed by atoms with E-state index >= 15 is 0 Å². The van der Waals surface area contributed by atoms with Gasteiger partial charge in [-0.25, -0.2) is 10.4 Å². The summed E-state index contributed by atoms with van der Waals surface area (Å²) in [5.41, 5.74) is 3.18. The zero-order chi connectivity index (χ0) is 20.1. The van der Waals surface area contributed by atoms with Crippen LogP contribution in [0, 0.1) is 23.2 Å². The first kappa shape index (κ1) is 19.1. The van der Waals surface area contributed by atoms with E-state index in [2.05, 4.69) is 22.1 Å². The Balaban J connectivity index is 1.66. The second kappa shape index (κ2) is 7.00. The second-order valence-electron chi connectivity index (χ2n) is 7.46. The molecule has 0 bridgehead atoms. The number of carbonyl (C=O) groups excluding carboxylic acids is 1. The van der Waals surface area contributed by atoms with E-state index in [1.807, 2.05) is 0 Å². The summed E-state index contributed by atoms with van der Waals surface area (Å²) in [6.45, 7) is 0. The molecule has 28 heavy (non-hydrogen) atoms. The van der Waals surface area contributed by atoms with Crippen LogP contribution in [0.3, 0.4) is 0 Å². The van der Waals surface area contributed by atoms with Gasteiger partial charge >= 0.3 is 6.18 Å². The molecule has 2 aliphatic heterocycles. The molecule has 1 amide bonds. The quantitative estimate of drug-likeness (QED) is 0.611. The van der Waals surface area contributed by atoms with Crippen LogP contribution < -0.4 is 16.1 Å². The Kier molecular flexibility index (Phi) is 4.79. The van der Waals surface area contributed by atoms with Crippen LogP contribution >= 0.6 is 0 Å². The molecule has 0 radical (unpaired) electrons. The number of hydrogen-bond donors (Lipinski definition) is 4. The molecule has 1 aromatic rings. The summed E-state index contributed by atoms with van der Waals surface area (Å²) in [7, 11) is 0. The molecule has 1 saturated carbocycles. The molecule has 10 heteroatoms. The Hall–Kier alpha value is -2.19. The summed E-state index contributed by atoms with van der Waals surface area (Å²) in [5, 5.41) is 26.1. The molecule has 150 valence electrons. The topological polar surface area (TPSA) is 100 Å². The van der Waals surface area contributed by atoms with Crippen molar-refractivity contribution < 1.29 is 23.1 Å². The molecule has 2 saturated heterocycles. The Bertz CT molecular complexity index is 790. The fourth-order valence-electron chi connectivity index (χ4n) is 4.16. The van der Waals surface area contributed by atoms with E-state index in [0.717, 1.165) is 25.0 Å². The number of fused-ring (bicyclic) bond motifs is 1. The van der Waals surface area contributed by atoms with E-state index in [9.17, 15) is 23.1 Å². The van der Waals surface area contributed by atoms with Gasteiger partial charge in [-0.15, -0.1) is 0 Å². The van der Waals surface area contributed by atoms with Gasteiger partial charge in [0.15, 0.2) is 6.35 Å². The van der Waals surface area contributed by atoms with Crippen molar-refractivity contribution in [3.8, 4) is 6.07 Å². The number of aliphatic hydroxyl groups is 1. The smallest absolute Gasteiger partial charge is 0.361 e. The van der Waals surface area contributed by atoms with Crippen molar-refractivity contribution in [1.82, 2.24) is 21.1 Å². The molecule has 1 aromatic carbocycles. The van der Waals surface area contributed by atoms with E-state index in [0.29, 0.717) is 5.56 Å². The third kappa shape index (κ3) is 3.46. The molecule has 4 rings (SSSR count). The van der Waals surface area contributed by atoms with Crippen LogP contribution in [0.4, 0.5) is 13.2 Å². The SMILES string of the molecule is N#CCC1NN([C@H](c2ccc(C(F)(F)F)cc2)C2CC2)C2NC(O)NC(=O)C12. The van der Waals surface area contributed by atoms with E-state index in [1.165, 1.54) is 12.1 Å². The molecule has 2 heterocycles.